The monoisotopic (exact) mass is 365 g/mol. The van der Waals surface area contributed by atoms with Gasteiger partial charge in [-0.1, -0.05) is 0 Å². The van der Waals surface area contributed by atoms with E-state index in [1.807, 2.05) is 16.9 Å². The molecule has 5 heteroatoms. The number of nitrogens with zero attached hydrogens (tertiary/aromatic N) is 3. The molecular weight excluding hydrogens is 353 g/mol. The van der Waals surface area contributed by atoms with Gasteiger partial charge in [0.25, 0.3) is 5.56 Å². The summed E-state index contributed by atoms with van der Waals surface area (Å²) in [5, 5.41) is 5.51. The quantitative estimate of drug-likeness (QED) is 0.655. The predicted octanol–water partition coefficient (Wildman–Crippen LogP) is 2.39. The van der Waals surface area contributed by atoms with Crippen molar-refractivity contribution in [2.75, 3.05) is 0 Å². The van der Waals surface area contributed by atoms with E-state index in [4.69, 9.17) is 0 Å². The van der Waals surface area contributed by atoms with Crippen LogP contribution in [0.15, 0.2) is 47.5 Å². The average molecular weight is 365 g/mol. The summed E-state index contributed by atoms with van der Waals surface area (Å²) in [6, 6.07) is 9.82. The van der Waals surface area contributed by atoms with Gasteiger partial charge in [-0.2, -0.15) is 5.10 Å². The summed E-state index contributed by atoms with van der Waals surface area (Å²) in [5.41, 5.74) is 2.05. The number of benzene rings is 1. The Labute approximate surface area is 123 Å². The summed E-state index contributed by atoms with van der Waals surface area (Å²) in [6.45, 7) is 0.611. The van der Waals surface area contributed by atoms with Crippen LogP contribution < -0.4 is 5.56 Å². The van der Waals surface area contributed by atoms with Gasteiger partial charge < -0.3 is 4.57 Å². The molecule has 0 aliphatic carbocycles. The Morgan fingerprint density at radius 1 is 1.26 bits per heavy atom. The fourth-order valence-electron chi connectivity index (χ4n) is 2.04. The first kappa shape index (κ1) is 12.4. The standard InChI is InChI=1S/C14H12IN3O/c1-17-5-4-10(6-14(17)19)9-18-13-3-2-12(15)7-11(13)8-16-18/h2-8H,9H2,1H3. The van der Waals surface area contributed by atoms with Crippen LogP contribution in [0.1, 0.15) is 5.56 Å². The van der Waals surface area contributed by atoms with Crippen molar-refractivity contribution in [2.24, 2.45) is 7.05 Å². The number of fused-ring (bicyclic) bond motifs is 1. The molecule has 0 fully saturated rings. The first-order valence-electron chi connectivity index (χ1n) is 5.90. The maximum absolute atomic E-state index is 11.6. The summed E-state index contributed by atoms with van der Waals surface area (Å²) in [7, 11) is 1.75. The number of pyridine rings is 1. The van der Waals surface area contributed by atoms with Gasteiger partial charge >= 0.3 is 0 Å². The van der Waals surface area contributed by atoms with Crippen molar-refractivity contribution >= 4 is 33.5 Å². The number of hydrogen-bond donors (Lipinski definition) is 0. The van der Waals surface area contributed by atoms with Crippen molar-refractivity contribution in [1.82, 2.24) is 14.3 Å². The number of rotatable bonds is 2. The minimum atomic E-state index is 0.00325. The lowest BCUT2D eigenvalue weighted by Crippen LogP contribution is -2.16. The lowest BCUT2D eigenvalue weighted by Gasteiger charge is -2.05. The highest BCUT2D eigenvalue weighted by molar-refractivity contribution is 14.1. The van der Waals surface area contributed by atoms with Crippen molar-refractivity contribution in [3.8, 4) is 0 Å². The molecule has 0 N–H and O–H groups in total. The summed E-state index contributed by atoms with van der Waals surface area (Å²) in [4.78, 5) is 11.6. The Bertz CT molecular complexity index is 804. The second kappa shape index (κ2) is 4.80. The highest BCUT2D eigenvalue weighted by Crippen LogP contribution is 2.17. The zero-order chi connectivity index (χ0) is 13.4. The Kier molecular flexibility index (Phi) is 3.14. The number of hydrogen-bond acceptors (Lipinski definition) is 2. The van der Waals surface area contributed by atoms with Crippen LogP contribution in [0.2, 0.25) is 0 Å². The number of halogens is 1. The topological polar surface area (TPSA) is 39.8 Å². The molecule has 0 saturated carbocycles. The van der Waals surface area contributed by atoms with Crippen LogP contribution in [0, 0.1) is 3.57 Å². The average Bonchev–Trinajstić information content (AvgIpc) is 2.76. The third-order valence-electron chi connectivity index (χ3n) is 3.10. The van der Waals surface area contributed by atoms with Crippen LogP contribution in [-0.4, -0.2) is 14.3 Å². The van der Waals surface area contributed by atoms with E-state index >= 15 is 0 Å². The van der Waals surface area contributed by atoms with Crippen LogP contribution in [0.25, 0.3) is 10.9 Å². The fourth-order valence-corrected chi connectivity index (χ4v) is 2.56. The van der Waals surface area contributed by atoms with Gasteiger partial charge in [0.2, 0.25) is 0 Å². The van der Waals surface area contributed by atoms with E-state index in [9.17, 15) is 4.79 Å². The Balaban J connectivity index is 2.01. The molecule has 2 heterocycles. The molecule has 19 heavy (non-hydrogen) atoms. The molecule has 0 radical (unpaired) electrons. The third kappa shape index (κ3) is 2.42. The second-order valence-electron chi connectivity index (χ2n) is 4.49. The van der Waals surface area contributed by atoms with Gasteiger partial charge in [-0.3, -0.25) is 9.48 Å². The fraction of sp³-hybridized carbons (Fsp3) is 0.143. The van der Waals surface area contributed by atoms with Crippen molar-refractivity contribution in [3.63, 3.8) is 0 Å². The van der Waals surface area contributed by atoms with Crippen molar-refractivity contribution in [3.05, 3.63) is 62.2 Å². The molecule has 4 nitrogen and oxygen atoms in total. The largest absolute Gasteiger partial charge is 0.319 e. The molecule has 3 rings (SSSR count). The Hall–Kier alpha value is -1.63. The van der Waals surface area contributed by atoms with Crippen LogP contribution >= 0.6 is 22.6 Å². The zero-order valence-corrected chi connectivity index (χ0v) is 12.5. The van der Waals surface area contributed by atoms with Gasteiger partial charge in [-0.05, 0) is 52.4 Å². The lowest BCUT2D eigenvalue weighted by atomic mass is 10.2. The number of aryl methyl sites for hydroxylation is 1. The molecule has 96 valence electrons. The van der Waals surface area contributed by atoms with Crippen LogP contribution in [0.3, 0.4) is 0 Å². The third-order valence-corrected chi connectivity index (χ3v) is 3.78. The van der Waals surface area contributed by atoms with Gasteiger partial charge in [0.15, 0.2) is 0 Å². The maximum Gasteiger partial charge on any atom is 0.250 e. The van der Waals surface area contributed by atoms with Crippen molar-refractivity contribution < 1.29 is 0 Å². The molecule has 3 aromatic rings. The molecule has 2 aromatic heterocycles. The lowest BCUT2D eigenvalue weighted by molar-refractivity contribution is 0.706. The summed E-state index contributed by atoms with van der Waals surface area (Å²) >= 11 is 2.29. The van der Waals surface area contributed by atoms with E-state index in [0.717, 1.165) is 16.5 Å². The molecule has 1 aromatic carbocycles. The van der Waals surface area contributed by atoms with Gasteiger partial charge in [0.05, 0.1) is 18.3 Å². The van der Waals surface area contributed by atoms with Crippen LogP contribution in [0.5, 0.6) is 0 Å². The van der Waals surface area contributed by atoms with E-state index < -0.39 is 0 Å². The maximum atomic E-state index is 11.6. The molecule has 0 unspecified atom stereocenters. The first-order valence-corrected chi connectivity index (χ1v) is 6.98. The predicted molar refractivity (Wildman–Crippen MR) is 83.2 cm³/mol. The Morgan fingerprint density at radius 2 is 2.11 bits per heavy atom. The van der Waals surface area contributed by atoms with Crippen molar-refractivity contribution in [1.29, 1.82) is 0 Å². The van der Waals surface area contributed by atoms with E-state index in [1.165, 1.54) is 3.57 Å². The van der Waals surface area contributed by atoms with Gasteiger partial charge in [0, 0.05) is 28.3 Å². The summed E-state index contributed by atoms with van der Waals surface area (Å²) in [6.07, 6.45) is 3.64. The number of aromatic nitrogens is 3. The van der Waals surface area contributed by atoms with E-state index in [1.54, 1.807) is 23.9 Å². The normalized spacial score (nSPS) is 11.1. The molecule has 0 spiro atoms. The molecule has 0 aliphatic heterocycles. The van der Waals surface area contributed by atoms with Crippen LogP contribution in [0.4, 0.5) is 0 Å². The van der Waals surface area contributed by atoms with Crippen LogP contribution in [-0.2, 0) is 13.6 Å². The molecule has 0 bridgehead atoms. The van der Waals surface area contributed by atoms with Gasteiger partial charge in [-0.15, -0.1) is 0 Å². The summed E-state index contributed by atoms with van der Waals surface area (Å²) < 4.78 is 4.67. The van der Waals surface area contributed by atoms with E-state index in [-0.39, 0.29) is 5.56 Å². The first-order chi connectivity index (χ1) is 9.13. The molecule has 0 atom stereocenters. The van der Waals surface area contributed by atoms with Gasteiger partial charge in [-0.25, -0.2) is 0 Å². The smallest absolute Gasteiger partial charge is 0.250 e. The Morgan fingerprint density at radius 3 is 2.89 bits per heavy atom. The minimum absolute atomic E-state index is 0.00325. The molecular formula is C14H12IN3O. The zero-order valence-electron chi connectivity index (χ0n) is 10.4. The highest BCUT2D eigenvalue weighted by Gasteiger charge is 2.04. The van der Waals surface area contributed by atoms with E-state index in [0.29, 0.717) is 6.54 Å². The van der Waals surface area contributed by atoms with E-state index in [2.05, 4.69) is 45.9 Å². The molecule has 0 amide bonds. The second-order valence-corrected chi connectivity index (χ2v) is 5.74. The van der Waals surface area contributed by atoms with Crippen molar-refractivity contribution in [2.45, 2.75) is 6.54 Å². The SMILES string of the molecule is Cn1ccc(Cn2ncc3cc(I)ccc32)cc1=O. The minimum Gasteiger partial charge on any atom is -0.319 e. The summed E-state index contributed by atoms with van der Waals surface area (Å²) in [5.74, 6) is 0. The molecule has 0 saturated heterocycles. The molecule has 0 aliphatic rings. The highest BCUT2D eigenvalue weighted by atomic mass is 127. The van der Waals surface area contributed by atoms with Gasteiger partial charge in [0.1, 0.15) is 0 Å².